The van der Waals surface area contributed by atoms with Crippen LogP contribution in [0.3, 0.4) is 0 Å². The fourth-order valence-electron chi connectivity index (χ4n) is 0.752. The van der Waals surface area contributed by atoms with Gasteiger partial charge in [-0.25, -0.2) is 4.98 Å². The summed E-state index contributed by atoms with van der Waals surface area (Å²) in [6.45, 7) is 0. The monoisotopic (exact) mass is 152 g/mol. The number of nitrogens with zero attached hydrogens (tertiary/aromatic N) is 3. The Hall–Kier alpha value is -1.10. The van der Waals surface area contributed by atoms with Crippen molar-refractivity contribution >= 4 is 30.5 Å². The maximum Gasteiger partial charge on any atom is 0.340 e. The highest BCUT2D eigenvalue weighted by Crippen LogP contribution is 2.24. The fraction of sp³-hybridized carbons (Fsp3) is 0. The first-order chi connectivity index (χ1) is 4.88. The minimum Gasteiger partial charge on any atom is -0.269 e. The third kappa shape index (κ3) is 0.672. The third-order valence-electron chi connectivity index (χ3n) is 1.20. The van der Waals surface area contributed by atoms with Crippen molar-refractivity contribution in [2.45, 2.75) is 5.03 Å². The highest BCUT2D eigenvalue weighted by Gasteiger charge is 2.19. The first-order valence-corrected chi connectivity index (χ1v) is 3.15. The standard InChI is InChI=1S/C5H4N4S/c10-5-3-4(7-1-6-3)8-2-9-5/h1-2,6H,(H,8,9,10)/q+1. The van der Waals surface area contributed by atoms with Crippen LogP contribution < -0.4 is 10.3 Å². The SMILES string of the molecule is Sc1ncnc2c1NC=[N+]2. The van der Waals surface area contributed by atoms with Gasteiger partial charge in [-0.1, -0.05) is 9.98 Å². The van der Waals surface area contributed by atoms with Crippen LogP contribution in [0.4, 0.5) is 11.5 Å². The van der Waals surface area contributed by atoms with Gasteiger partial charge in [0.2, 0.25) is 12.0 Å². The van der Waals surface area contributed by atoms with Crippen LogP contribution in [0.1, 0.15) is 0 Å². The van der Waals surface area contributed by atoms with Gasteiger partial charge in [-0.15, -0.1) is 12.6 Å². The molecule has 0 spiro atoms. The molecule has 0 unspecified atom stereocenters. The molecule has 2 rings (SSSR count). The van der Waals surface area contributed by atoms with Gasteiger partial charge in [-0.2, -0.15) is 0 Å². The van der Waals surface area contributed by atoms with Crippen molar-refractivity contribution in [2.24, 2.45) is 0 Å². The van der Waals surface area contributed by atoms with Gasteiger partial charge in [-0.05, 0) is 0 Å². The Morgan fingerprint density at radius 2 is 2.40 bits per heavy atom. The molecule has 0 fully saturated rings. The first kappa shape index (κ1) is 5.67. The normalized spacial score (nSPS) is 12.9. The van der Waals surface area contributed by atoms with Gasteiger partial charge in [0.1, 0.15) is 5.03 Å². The smallest absolute Gasteiger partial charge is 0.269 e. The molecule has 0 saturated carbocycles. The van der Waals surface area contributed by atoms with E-state index in [1.807, 2.05) is 0 Å². The Balaban J connectivity index is 2.66. The molecular formula is C5H4N4S+. The maximum absolute atomic E-state index is 4.09. The van der Waals surface area contributed by atoms with Gasteiger partial charge in [0.25, 0.3) is 0 Å². The van der Waals surface area contributed by atoms with Crippen molar-refractivity contribution in [1.29, 1.82) is 0 Å². The predicted octanol–water partition coefficient (Wildman–Crippen LogP) is 0.186. The highest BCUT2D eigenvalue weighted by atomic mass is 32.1. The average molecular weight is 152 g/mol. The molecule has 1 aromatic rings. The number of anilines is 1. The molecule has 49 valence electrons. The molecule has 1 N–H and O–H groups in total. The zero-order valence-corrected chi connectivity index (χ0v) is 5.84. The van der Waals surface area contributed by atoms with Gasteiger partial charge in [0, 0.05) is 0 Å². The second-order valence-corrected chi connectivity index (χ2v) is 2.22. The van der Waals surface area contributed by atoms with Crippen molar-refractivity contribution in [3.05, 3.63) is 6.33 Å². The molecule has 4 nitrogen and oxygen atoms in total. The molecule has 1 aliphatic rings. The minimum absolute atomic E-state index is 0.627. The number of aromatic nitrogens is 2. The van der Waals surface area contributed by atoms with Gasteiger partial charge in [-0.3, -0.25) is 5.32 Å². The number of aliphatic imine (C=N–C) groups is 1. The maximum atomic E-state index is 4.09. The molecule has 0 aliphatic carbocycles. The molecule has 5 heteroatoms. The molecule has 0 amide bonds. The second-order valence-electron chi connectivity index (χ2n) is 1.80. The number of hydrogen-bond acceptors (Lipinski definition) is 5. The Bertz CT molecular complexity index is 296. The first-order valence-electron chi connectivity index (χ1n) is 2.71. The molecule has 0 aromatic carbocycles. The number of nitrogens with one attached hydrogen (secondary N) is 1. The number of fused-ring (bicyclic) bond motifs is 1. The largest absolute Gasteiger partial charge is 0.340 e. The van der Waals surface area contributed by atoms with Crippen LogP contribution in [0.25, 0.3) is 0 Å². The lowest BCUT2D eigenvalue weighted by atomic mass is 10.5. The van der Waals surface area contributed by atoms with E-state index in [0.717, 1.165) is 5.69 Å². The molecular weight excluding hydrogens is 148 g/mol. The van der Waals surface area contributed by atoms with Crippen LogP contribution in [0.2, 0.25) is 0 Å². The zero-order chi connectivity index (χ0) is 6.97. The molecule has 1 radical (unpaired) electrons. The molecule has 0 atom stereocenters. The predicted molar refractivity (Wildman–Crippen MR) is 40.8 cm³/mol. The van der Waals surface area contributed by atoms with Crippen molar-refractivity contribution < 1.29 is 0 Å². The van der Waals surface area contributed by atoms with Crippen LogP contribution in [0.5, 0.6) is 0 Å². The van der Waals surface area contributed by atoms with E-state index in [-0.39, 0.29) is 0 Å². The quantitative estimate of drug-likeness (QED) is 0.412. The lowest BCUT2D eigenvalue weighted by Gasteiger charge is -1.89. The zero-order valence-electron chi connectivity index (χ0n) is 4.94. The Labute approximate surface area is 62.8 Å². The van der Waals surface area contributed by atoms with Crippen molar-refractivity contribution in [2.75, 3.05) is 5.32 Å². The molecule has 10 heavy (non-hydrogen) atoms. The highest BCUT2D eigenvalue weighted by molar-refractivity contribution is 7.80. The molecule has 0 saturated heterocycles. The Morgan fingerprint density at radius 1 is 1.50 bits per heavy atom. The Kier molecular flexibility index (Phi) is 1.10. The minimum atomic E-state index is 0.627. The van der Waals surface area contributed by atoms with E-state index >= 15 is 0 Å². The number of rotatable bonds is 0. The summed E-state index contributed by atoms with van der Waals surface area (Å²) in [6, 6.07) is 0. The molecule has 1 aromatic heterocycles. The summed E-state index contributed by atoms with van der Waals surface area (Å²) in [5.41, 5.74) is 0.783. The van der Waals surface area contributed by atoms with Crippen LogP contribution >= 0.6 is 12.6 Å². The summed E-state index contributed by atoms with van der Waals surface area (Å²) < 4.78 is 0. The summed E-state index contributed by atoms with van der Waals surface area (Å²) in [5, 5.41) is 3.50. The number of hydrogen-bond donors (Lipinski definition) is 2. The summed E-state index contributed by atoms with van der Waals surface area (Å²) in [4.78, 5) is 11.7. The van der Waals surface area contributed by atoms with Gasteiger partial charge in [0.05, 0.1) is 0 Å². The lowest BCUT2D eigenvalue weighted by Crippen LogP contribution is -1.90. The van der Waals surface area contributed by atoms with E-state index in [0.29, 0.717) is 10.8 Å². The van der Waals surface area contributed by atoms with Crippen molar-refractivity contribution in [3.8, 4) is 0 Å². The van der Waals surface area contributed by atoms with Gasteiger partial charge in [0.15, 0.2) is 6.33 Å². The Morgan fingerprint density at radius 3 is 3.20 bits per heavy atom. The van der Waals surface area contributed by atoms with Crippen molar-refractivity contribution in [3.63, 3.8) is 0 Å². The molecule has 0 bridgehead atoms. The fourth-order valence-corrected chi connectivity index (χ4v) is 0.968. The van der Waals surface area contributed by atoms with E-state index < -0.39 is 0 Å². The van der Waals surface area contributed by atoms with E-state index in [9.17, 15) is 0 Å². The topological polar surface area (TPSA) is 51.9 Å². The number of thiol groups is 1. The van der Waals surface area contributed by atoms with Crippen LogP contribution in [-0.2, 0) is 0 Å². The second kappa shape index (κ2) is 1.95. The lowest BCUT2D eigenvalue weighted by molar-refractivity contribution is 1.05. The third-order valence-corrected chi connectivity index (χ3v) is 1.54. The van der Waals surface area contributed by atoms with Gasteiger partial charge >= 0.3 is 5.82 Å². The molecule has 2 heterocycles. The van der Waals surface area contributed by atoms with Gasteiger partial charge < -0.3 is 0 Å². The summed E-state index contributed by atoms with van der Waals surface area (Å²) in [6.07, 6.45) is 3.00. The van der Waals surface area contributed by atoms with Crippen LogP contribution in [0.15, 0.2) is 11.4 Å². The summed E-state index contributed by atoms with van der Waals surface area (Å²) >= 11 is 4.09. The summed E-state index contributed by atoms with van der Waals surface area (Å²) in [7, 11) is 0. The average Bonchev–Trinajstić information content (AvgIpc) is 2.36. The van der Waals surface area contributed by atoms with Crippen LogP contribution in [0, 0.1) is 0 Å². The van der Waals surface area contributed by atoms with E-state index in [4.69, 9.17) is 0 Å². The molecule has 1 aliphatic heterocycles. The van der Waals surface area contributed by atoms with E-state index in [2.05, 4.69) is 32.9 Å². The van der Waals surface area contributed by atoms with Crippen molar-refractivity contribution in [1.82, 2.24) is 15.0 Å². The van der Waals surface area contributed by atoms with E-state index in [1.165, 1.54) is 6.33 Å². The summed E-state index contributed by atoms with van der Waals surface area (Å²) in [5.74, 6) is 0.653. The van der Waals surface area contributed by atoms with Crippen LogP contribution in [-0.4, -0.2) is 16.3 Å². The van der Waals surface area contributed by atoms with E-state index in [1.54, 1.807) is 6.34 Å².